The molecule has 0 saturated heterocycles. The van der Waals surface area contributed by atoms with Crippen LogP contribution in [0.25, 0.3) is 0 Å². The number of nitrogens with two attached hydrogens (primary N) is 1. The van der Waals surface area contributed by atoms with E-state index in [1.165, 1.54) is 24.5 Å². The monoisotopic (exact) mass is 350 g/mol. The second kappa shape index (κ2) is 6.24. The smallest absolute Gasteiger partial charge is 0.239 e. The molecular formula is C17H19ClN2O2S. The van der Waals surface area contributed by atoms with Crippen LogP contribution in [0.5, 0.6) is 0 Å². The van der Waals surface area contributed by atoms with Gasteiger partial charge in [-0.3, -0.25) is 0 Å². The number of hydrogen-bond donors (Lipinski definition) is 2. The Balaban J connectivity index is 1.63. The zero-order chi connectivity index (χ0) is 16.5. The van der Waals surface area contributed by atoms with Crippen molar-refractivity contribution in [1.82, 2.24) is 5.32 Å². The number of rotatable bonds is 6. The summed E-state index contributed by atoms with van der Waals surface area (Å²) in [7, 11) is -3.77. The largest absolute Gasteiger partial charge is 0.312 e. The fourth-order valence-electron chi connectivity index (χ4n) is 2.84. The van der Waals surface area contributed by atoms with Gasteiger partial charge in [-0.2, -0.15) is 0 Å². The van der Waals surface area contributed by atoms with Crippen molar-refractivity contribution >= 4 is 21.6 Å². The van der Waals surface area contributed by atoms with E-state index in [1.807, 2.05) is 6.07 Å². The van der Waals surface area contributed by atoms with Gasteiger partial charge in [0.2, 0.25) is 10.0 Å². The molecule has 0 spiro atoms. The molecule has 1 aliphatic carbocycles. The lowest BCUT2D eigenvalue weighted by molar-refractivity contribution is 0.574. The van der Waals surface area contributed by atoms with Crippen molar-refractivity contribution in [2.24, 2.45) is 5.14 Å². The zero-order valence-corrected chi connectivity index (χ0v) is 14.2. The number of sulfonamides is 1. The molecule has 1 saturated carbocycles. The van der Waals surface area contributed by atoms with Crippen molar-refractivity contribution in [2.45, 2.75) is 29.7 Å². The summed E-state index contributed by atoms with van der Waals surface area (Å²) < 4.78 is 22.7. The van der Waals surface area contributed by atoms with Gasteiger partial charge < -0.3 is 5.32 Å². The van der Waals surface area contributed by atoms with Crippen LogP contribution in [0.4, 0.5) is 0 Å². The highest BCUT2D eigenvalue weighted by Gasteiger charge is 2.43. The van der Waals surface area contributed by atoms with Crippen LogP contribution < -0.4 is 10.5 Å². The van der Waals surface area contributed by atoms with Crippen molar-refractivity contribution in [3.63, 3.8) is 0 Å². The summed E-state index contributed by atoms with van der Waals surface area (Å²) in [5, 5.41) is 8.72. The summed E-state index contributed by atoms with van der Waals surface area (Å²) in [6.45, 7) is 1.53. The Morgan fingerprint density at radius 1 is 1.13 bits per heavy atom. The third-order valence-electron chi connectivity index (χ3n) is 4.34. The SMILES string of the molecule is NS(=O)(=O)c1ccc(CNCC2(c3ccccc3)CC2)cc1Cl. The summed E-state index contributed by atoms with van der Waals surface area (Å²) in [6, 6.07) is 15.4. The summed E-state index contributed by atoms with van der Waals surface area (Å²) in [5.41, 5.74) is 2.55. The van der Waals surface area contributed by atoms with Crippen LogP contribution in [0.15, 0.2) is 53.4 Å². The second-order valence-corrected chi connectivity index (χ2v) is 8.00. The first-order valence-electron chi connectivity index (χ1n) is 7.48. The molecule has 4 nitrogen and oxygen atoms in total. The Labute approximate surface area is 141 Å². The predicted molar refractivity (Wildman–Crippen MR) is 91.9 cm³/mol. The molecule has 23 heavy (non-hydrogen) atoms. The molecule has 3 rings (SSSR count). The molecule has 0 radical (unpaired) electrons. The Hall–Kier alpha value is -1.40. The van der Waals surface area contributed by atoms with E-state index in [2.05, 4.69) is 29.6 Å². The average molecular weight is 351 g/mol. The van der Waals surface area contributed by atoms with E-state index >= 15 is 0 Å². The average Bonchev–Trinajstić information content (AvgIpc) is 3.28. The highest BCUT2D eigenvalue weighted by Crippen LogP contribution is 2.47. The number of halogens is 1. The summed E-state index contributed by atoms with van der Waals surface area (Å²) in [4.78, 5) is -0.0362. The minimum absolute atomic E-state index is 0.0362. The van der Waals surface area contributed by atoms with E-state index < -0.39 is 10.0 Å². The lowest BCUT2D eigenvalue weighted by Crippen LogP contribution is -2.26. The predicted octanol–water partition coefficient (Wildman–Crippen LogP) is 2.81. The van der Waals surface area contributed by atoms with E-state index in [4.69, 9.17) is 16.7 Å². The van der Waals surface area contributed by atoms with Crippen molar-refractivity contribution in [3.8, 4) is 0 Å². The van der Waals surface area contributed by atoms with Gasteiger partial charge in [0, 0.05) is 18.5 Å². The standard InChI is InChI=1S/C17H19ClN2O2S/c18-15-10-13(6-7-16(15)23(19,21)22)11-20-12-17(8-9-17)14-4-2-1-3-5-14/h1-7,10,20H,8-9,11-12H2,(H2,19,21,22). The molecule has 6 heteroatoms. The molecule has 2 aromatic carbocycles. The van der Waals surface area contributed by atoms with Gasteiger partial charge in [-0.1, -0.05) is 48.0 Å². The molecule has 0 amide bonds. The second-order valence-electron chi connectivity index (χ2n) is 6.06. The number of nitrogens with one attached hydrogen (secondary N) is 1. The molecule has 0 atom stereocenters. The Morgan fingerprint density at radius 3 is 2.39 bits per heavy atom. The minimum atomic E-state index is -3.77. The zero-order valence-electron chi connectivity index (χ0n) is 12.6. The van der Waals surface area contributed by atoms with E-state index in [1.54, 1.807) is 12.1 Å². The fraction of sp³-hybridized carbons (Fsp3) is 0.294. The molecular weight excluding hydrogens is 332 g/mol. The maximum absolute atomic E-state index is 11.4. The van der Waals surface area contributed by atoms with Gasteiger partial charge in [-0.15, -0.1) is 0 Å². The van der Waals surface area contributed by atoms with Crippen molar-refractivity contribution in [2.75, 3.05) is 6.54 Å². The summed E-state index contributed by atoms with van der Waals surface area (Å²) in [5.74, 6) is 0. The summed E-state index contributed by atoms with van der Waals surface area (Å²) >= 11 is 6.00. The molecule has 122 valence electrons. The van der Waals surface area contributed by atoms with Crippen molar-refractivity contribution in [3.05, 3.63) is 64.7 Å². The van der Waals surface area contributed by atoms with Crippen molar-refractivity contribution < 1.29 is 8.42 Å². The van der Waals surface area contributed by atoms with Crippen LogP contribution in [0.1, 0.15) is 24.0 Å². The van der Waals surface area contributed by atoms with Crippen LogP contribution in [0.2, 0.25) is 5.02 Å². The normalized spacial score (nSPS) is 16.3. The summed E-state index contributed by atoms with van der Waals surface area (Å²) in [6.07, 6.45) is 2.38. The van der Waals surface area contributed by atoms with Crippen LogP contribution in [-0.2, 0) is 22.0 Å². The van der Waals surface area contributed by atoms with Gasteiger partial charge in [-0.05, 0) is 36.1 Å². The van der Waals surface area contributed by atoms with Crippen molar-refractivity contribution in [1.29, 1.82) is 0 Å². The number of benzene rings is 2. The first kappa shape index (κ1) is 16.5. The maximum atomic E-state index is 11.4. The molecule has 3 N–H and O–H groups in total. The van der Waals surface area contributed by atoms with Crippen LogP contribution >= 0.6 is 11.6 Å². The van der Waals surface area contributed by atoms with E-state index in [-0.39, 0.29) is 15.3 Å². The molecule has 2 aromatic rings. The van der Waals surface area contributed by atoms with E-state index in [9.17, 15) is 8.42 Å². The molecule has 0 heterocycles. The quantitative estimate of drug-likeness (QED) is 0.841. The van der Waals surface area contributed by atoms with Gasteiger partial charge in [0.15, 0.2) is 0 Å². The molecule has 1 aliphatic rings. The molecule has 0 unspecified atom stereocenters. The van der Waals surface area contributed by atoms with Gasteiger partial charge in [-0.25, -0.2) is 13.6 Å². The van der Waals surface area contributed by atoms with Gasteiger partial charge >= 0.3 is 0 Å². The van der Waals surface area contributed by atoms with Crippen LogP contribution in [-0.4, -0.2) is 15.0 Å². The van der Waals surface area contributed by atoms with Crippen LogP contribution in [0.3, 0.4) is 0 Å². The number of hydrogen-bond acceptors (Lipinski definition) is 3. The maximum Gasteiger partial charge on any atom is 0.239 e. The lowest BCUT2D eigenvalue weighted by Gasteiger charge is -2.17. The highest BCUT2D eigenvalue weighted by atomic mass is 35.5. The fourth-order valence-corrected chi connectivity index (χ4v) is 3.96. The van der Waals surface area contributed by atoms with E-state index in [0.717, 1.165) is 12.1 Å². The number of primary sulfonamides is 1. The highest BCUT2D eigenvalue weighted by molar-refractivity contribution is 7.89. The Morgan fingerprint density at radius 2 is 1.83 bits per heavy atom. The van der Waals surface area contributed by atoms with E-state index in [0.29, 0.717) is 6.54 Å². The minimum Gasteiger partial charge on any atom is -0.312 e. The van der Waals surface area contributed by atoms with Gasteiger partial charge in [0.05, 0.1) is 5.02 Å². The third-order valence-corrected chi connectivity index (χ3v) is 5.73. The van der Waals surface area contributed by atoms with Gasteiger partial charge in [0.1, 0.15) is 4.90 Å². The Kier molecular flexibility index (Phi) is 4.47. The molecule has 0 aliphatic heterocycles. The molecule has 0 aromatic heterocycles. The Bertz CT molecular complexity index is 803. The first-order chi connectivity index (χ1) is 10.9. The van der Waals surface area contributed by atoms with Gasteiger partial charge in [0.25, 0.3) is 0 Å². The third kappa shape index (κ3) is 3.75. The topological polar surface area (TPSA) is 72.2 Å². The first-order valence-corrected chi connectivity index (χ1v) is 9.41. The molecule has 0 bridgehead atoms. The molecule has 1 fully saturated rings. The lowest BCUT2D eigenvalue weighted by atomic mass is 9.96. The van der Waals surface area contributed by atoms with Crippen LogP contribution in [0, 0.1) is 0 Å².